The van der Waals surface area contributed by atoms with Crippen molar-refractivity contribution >= 4 is 11.6 Å². The van der Waals surface area contributed by atoms with E-state index in [1.54, 1.807) is 0 Å². The van der Waals surface area contributed by atoms with Crippen molar-refractivity contribution in [2.45, 2.75) is 31.5 Å². The fourth-order valence-electron chi connectivity index (χ4n) is 2.08. The number of halogens is 4. The molecule has 1 aromatic carbocycles. The number of hydrogen-bond acceptors (Lipinski definition) is 1. The van der Waals surface area contributed by atoms with Gasteiger partial charge in [-0.3, -0.25) is 0 Å². The van der Waals surface area contributed by atoms with Crippen molar-refractivity contribution in [1.82, 2.24) is 0 Å². The summed E-state index contributed by atoms with van der Waals surface area (Å²) in [6.07, 6.45) is -2.04. The van der Waals surface area contributed by atoms with Crippen LogP contribution in [0.1, 0.15) is 35.6 Å². The zero-order valence-corrected chi connectivity index (χ0v) is 9.20. The first kappa shape index (κ1) is 11.7. The van der Waals surface area contributed by atoms with Gasteiger partial charge in [0, 0.05) is 6.04 Å². The van der Waals surface area contributed by atoms with Gasteiger partial charge in [-0.05, 0) is 42.5 Å². The predicted molar refractivity (Wildman–Crippen MR) is 56.3 cm³/mol. The molecule has 0 bridgehead atoms. The third-order valence-electron chi connectivity index (χ3n) is 2.90. The van der Waals surface area contributed by atoms with Crippen LogP contribution >= 0.6 is 11.6 Å². The number of alkyl halides is 3. The summed E-state index contributed by atoms with van der Waals surface area (Å²) in [6, 6.07) is 2.20. The fraction of sp³-hybridized carbons (Fsp3) is 0.455. The number of nitrogens with two attached hydrogens (primary N) is 1. The molecule has 16 heavy (non-hydrogen) atoms. The average molecular weight is 250 g/mol. The number of hydrogen-bond donors (Lipinski definition) is 1. The normalized spacial score (nSPS) is 20.7. The van der Waals surface area contributed by atoms with E-state index in [1.807, 2.05) is 0 Å². The Labute approximate surface area is 96.4 Å². The molecule has 2 N–H and O–H groups in total. The van der Waals surface area contributed by atoms with Crippen molar-refractivity contribution in [2.75, 3.05) is 0 Å². The van der Waals surface area contributed by atoms with Gasteiger partial charge in [0.15, 0.2) is 0 Å². The van der Waals surface area contributed by atoms with Gasteiger partial charge in [-0.1, -0.05) is 11.6 Å². The fourth-order valence-corrected chi connectivity index (χ4v) is 2.37. The van der Waals surface area contributed by atoms with Crippen molar-refractivity contribution in [3.05, 3.63) is 33.8 Å². The molecule has 0 amide bonds. The van der Waals surface area contributed by atoms with Crippen molar-refractivity contribution < 1.29 is 13.2 Å². The third-order valence-corrected chi connectivity index (χ3v) is 3.21. The topological polar surface area (TPSA) is 26.0 Å². The van der Waals surface area contributed by atoms with Gasteiger partial charge in [-0.15, -0.1) is 0 Å². The Hall–Kier alpha value is -0.740. The molecule has 1 atom stereocenters. The molecular formula is C11H11ClF3N. The van der Waals surface area contributed by atoms with Crippen LogP contribution in [0.4, 0.5) is 13.2 Å². The monoisotopic (exact) mass is 249 g/mol. The Bertz CT molecular complexity index is 414. The molecule has 1 aliphatic rings. The maximum absolute atomic E-state index is 12.6. The zero-order chi connectivity index (χ0) is 11.9. The summed E-state index contributed by atoms with van der Waals surface area (Å²) in [4.78, 5) is 0. The Morgan fingerprint density at radius 3 is 2.62 bits per heavy atom. The molecule has 88 valence electrons. The van der Waals surface area contributed by atoms with Gasteiger partial charge in [-0.25, -0.2) is 0 Å². The minimum absolute atomic E-state index is 0.236. The largest absolute Gasteiger partial charge is 0.417 e. The molecule has 2 rings (SSSR count). The highest BCUT2D eigenvalue weighted by atomic mass is 35.5. The molecule has 1 aromatic rings. The van der Waals surface area contributed by atoms with Crippen molar-refractivity contribution in [3.63, 3.8) is 0 Å². The minimum atomic E-state index is -4.41. The predicted octanol–water partition coefficient (Wildman–Crippen LogP) is 3.69. The smallest absolute Gasteiger partial charge is 0.324 e. The molecular weight excluding hydrogens is 239 g/mol. The van der Waals surface area contributed by atoms with Crippen LogP contribution in [0.5, 0.6) is 0 Å². The second kappa shape index (κ2) is 3.93. The number of aryl methyl sites for hydroxylation is 1. The summed E-state index contributed by atoms with van der Waals surface area (Å²) in [7, 11) is 0. The molecule has 0 aliphatic heterocycles. The van der Waals surface area contributed by atoms with E-state index in [0.717, 1.165) is 30.9 Å². The lowest BCUT2D eigenvalue weighted by Crippen LogP contribution is -2.19. The molecule has 0 radical (unpaired) electrons. The van der Waals surface area contributed by atoms with E-state index in [9.17, 15) is 13.2 Å². The molecule has 0 fully saturated rings. The average Bonchev–Trinajstić information content (AvgIpc) is 2.15. The van der Waals surface area contributed by atoms with E-state index in [0.29, 0.717) is 5.56 Å². The van der Waals surface area contributed by atoms with Gasteiger partial charge in [0.25, 0.3) is 0 Å². The molecule has 1 nitrogen and oxygen atoms in total. The first-order valence-electron chi connectivity index (χ1n) is 5.04. The highest BCUT2D eigenvalue weighted by Gasteiger charge is 2.34. The van der Waals surface area contributed by atoms with Crippen molar-refractivity contribution in [3.8, 4) is 0 Å². The lowest BCUT2D eigenvalue weighted by Gasteiger charge is -2.24. The maximum Gasteiger partial charge on any atom is 0.417 e. The quantitative estimate of drug-likeness (QED) is 0.746. The highest BCUT2D eigenvalue weighted by Crippen LogP contribution is 2.39. The lowest BCUT2D eigenvalue weighted by molar-refractivity contribution is -0.137. The van der Waals surface area contributed by atoms with Gasteiger partial charge in [0.1, 0.15) is 0 Å². The van der Waals surface area contributed by atoms with Crippen LogP contribution in [0.3, 0.4) is 0 Å². The molecule has 0 unspecified atom stereocenters. The molecule has 1 aliphatic carbocycles. The lowest BCUT2D eigenvalue weighted by atomic mass is 9.87. The summed E-state index contributed by atoms with van der Waals surface area (Å²) >= 11 is 5.63. The Kier molecular flexibility index (Phi) is 2.88. The molecule has 0 spiro atoms. The van der Waals surface area contributed by atoms with Crippen molar-refractivity contribution in [1.29, 1.82) is 0 Å². The van der Waals surface area contributed by atoms with E-state index in [4.69, 9.17) is 17.3 Å². The summed E-state index contributed by atoms with van der Waals surface area (Å²) in [5.41, 5.74) is 6.44. The summed E-state index contributed by atoms with van der Waals surface area (Å²) in [5.74, 6) is 0. The summed E-state index contributed by atoms with van der Waals surface area (Å²) < 4.78 is 37.9. The Balaban J connectivity index is 2.54. The van der Waals surface area contributed by atoms with Crippen LogP contribution in [-0.2, 0) is 12.6 Å². The van der Waals surface area contributed by atoms with Crippen LogP contribution in [-0.4, -0.2) is 0 Å². The van der Waals surface area contributed by atoms with E-state index in [-0.39, 0.29) is 11.1 Å². The van der Waals surface area contributed by atoms with Crippen LogP contribution in [0.15, 0.2) is 12.1 Å². The van der Waals surface area contributed by atoms with Gasteiger partial charge < -0.3 is 5.73 Å². The molecule has 0 saturated carbocycles. The number of benzene rings is 1. The minimum Gasteiger partial charge on any atom is -0.324 e. The standard InChI is InChI=1S/C11H11ClF3N/c12-9-4-6-2-1-3-10(16)7(6)5-8(9)11(13,14)15/h4-5,10H,1-3,16H2/t10-/m1/s1. The van der Waals surface area contributed by atoms with E-state index < -0.39 is 11.7 Å². The zero-order valence-electron chi connectivity index (χ0n) is 8.44. The van der Waals surface area contributed by atoms with E-state index in [1.165, 1.54) is 6.07 Å². The first-order valence-corrected chi connectivity index (χ1v) is 5.42. The number of rotatable bonds is 0. The second-order valence-electron chi connectivity index (χ2n) is 4.03. The van der Waals surface area contributed by atoms with Crippen LogP contribution in [0, 0.1) is 0 Å². The van der Waals surface area contributed by atoms with E-state index in [2.05, 4.69) is 0 Å². The van der Waals surface area contributed by atoms with Crippen LogP contribution < -0.4 is 5.73 Å². The number of fused-ring (bicyclic) bond motifs is 1. The molecule has 0 aromatic heterocycles. The van der Waals surface area contributed by atoms with Gasteiger partial charge in [0.2, 0.25) is 0 Å². The molecule has 0 saturated heterocycles. The third kappa shape index (κ3) is 2.04. The molecule has 0 heterocycles. The Morgan fingerprint density at radius 1 is 1.31 bits per heavy atom. The Morgan fingerprint density at radius 2 is 2.00 bits per heavy atom. The maximum atomic E-state index is 12.6. The highest BCUT2D eigenvalue weighted by molar-refractivity contribution is 6.31. The second-order valence-corrected chi connectivity index (χ2v) is 4.43. The summed E-state index contributed by atoms with van der Waals surface area (Å²) in [5, 5.41) is -0.236. The van der Waals surface area contributed by atoms with Gasteiger partial charge in [-0.2, -0.15) is 13.2 Å². The van der Waals surface area contributed by atoms with Gasteiger partial charge in [0.05, 0.1) is 10.6 Å². The summed E-state index contributed by atoms with van der Waals surface area (Å²) in [6.45, 7) is 0. The molecule has 5 heteroatoms. The van der Waals surface area contributed by atoms with Crippen molar-refractivity contribution in [2.24, 2.45) is 5.73 Å². The van der Waals surface area contributed by atoms with Crippen LogP contribution in [0.2, 0.25) is 5.02 Å². The first-order chi connectivity index (χ1) is 7.39. The van der Waals surface area contributed by atoms with Crippen LogP contribution in [0.25, 0.3) is 0 Å². The van der Waals surface area contributed by atoms with Gasteiger partial charge >= 0.3 is 6.18 Å². The van der Waals surface area contributed by atoms with E-state index >= 15 is 0 Å². The SMILES string of the molecule is N[C@@H]1CCCc2cc(Cl)c(C(F)(F)F)cc21.